The molecule has 0 aliphatic heterocycles. The maximum atomic E-state index is 12.1. The van der Waals surface area contributed by atoms with Crippen molar-refractivity contribution >= 4 is 17.6 Å². The minimum Gasteiger partial charge on any atom is -0.459 e. The molecule has 0 aromatic heterocycles. The lowest BCUT2D eigenvalue weighted by Gasteiger charge is -2.18. The van der Waals surface area contributed by atoms with Gasteiger partial charge in [0.1, 0.15) is 19.3 Å². The highest BCUT2D eigenvalue weighted by atomic mass is 35.5. The fraction of sp³-hybridized carbons (Fsp3) is 0.136. The molecule has 26 heavy (non-hydrogen) atoms. The number of esters is 1. The van der Waals surface area contributed by atoms with Gasteiger partial charge >= 0.3 is 5.97 Å². The fourth-order valence-corrected chi connectivity index (χ4v) is 2.70. The minimum absolute atomic E-state index is 0.123. The molecular formula is C22H19ClO3. The summed E-state index contributed by atoms with van der Waals surface area (Å²) in [6.07, 6.45) is -0.319. The van der Waals surface area contributed by atoms with Crippen molar-refractivity contribution in [3.05, 3.63) is 107 Å². The summed E-state index contributed by atoms with van der Waals surface area (Å²) in [5.74, 6) is -0.406. The number of rotatable bonds is 7. The molecule has 0 bridgehead atoms. The smallest absolute Gasteiger partial charge is 0.332 e. The topological polar surface area (TPSA) is 35.5 Å². The number of ether oxygens (including phenoxy) is 2. The quantitative estimate of drug-likeness (QED) is 0.540. The van der Waals surface area contributed by atoms with Crippen LogP contribution in [0.4, 0.5) is 0 Å². The third kappa shape index (κ3) is 5.19. The van der Waals surface area contributed by atoms with E-state index in [-0.39, 0.29) is 19.3 Å². The van der Waals surface area contributed by atoms with E-state index in [0.717, 1.165) is 16.7 Å². The first kappa shape index (κ1) is 18.2. The van der Waals surface area contributed by atoms with Crippen molar-refractivity contribution in [3.8, 4) is 0 Å². The van der Waals surface area contributed by atoms with Gasteiger partial charge in [0.2, 0.25) is 0 Å². The number of carbonyl (C=O) groups excluding carboxylic acids is 1. The number of hydrogen-bond acceptors (Lipinski definition) is 3. The van der Waals surface area contributed by atoms with E-state index in [9.17, 15) is 4.79 Å². The molecule has 0 aliphatic carbocycles. The molecule has 0 aliphatic rings. The van der Waals surface area contributed by atoms with Crippen LogP contribution in [0.25, 0.3) is 0 Å². The number of hydrogen-bond donors (Lipinski definition) is 0. The fourth-order valence-electron chi connectivity index (χ4n) is 2.58. The van der Waals surface area contributed by atoms with Gasteiger partial charge in [-0.2, -0.15) is 0 Å². The lowest BCUT2D eigenvalue weighted by Crippen LogP contribution is -2.16. The lowest BCUT2D eigenvalue weighted by atomic mass is 10.0. The predicted octanol–water partition coefficient (Wildman–Crippen LogP) is 5.19. The number of benzene rings is 3. The first-order chi connectivity index (χ1) is 12.7. The maximum absolute atomic E-state index is 12.1. The van der Waals surface area contributed by atoms with Gasteiger partial charge in [0.05, 0.1) is 0 Å². The highest BCUT2D eigenvalue weighted by molar-refractivity contribution is 6.30. The first-order valence-electron chi connectivity index (χ1n) is 8.34. The van der Waals surface area contributed by atoms with Crippen molar-refractivity contribution in [3.63, 3.8) is 0 Å². The number of carbonyl (C=O) groups is 1. The van der Waals surface area contributed by atoms with Crippen LogP contribution >= 0.6 is 11.6 Å². The predicted molar refractivity (Wildman–Crippen MR) is 102 cm³/mol. The second-order valence-corrected chi connectivity index (χ2v) is 6.24. The van der Waals surface area contributed by atoms with Gasteiger partial charge in [0.25, 0.3) is 0 Å². The van der Waals surface area contributed by atoms with E-state index in [1.54, 1.807) is 12.1 Å². The van der Waals surface area contributed by atoms with Gasteiger partial charge in [-0.15, -0.1) is 0 Å². The van der Waals surface area contributed by atoms with Gasteiger partial charge in [-0.3, -0.25) is 0 Å². The molecule has 4 heteroatoms. The Labute approximate surface area is 158 Å². The molecule has 0 heterocycles. The maximum Gasteiger partial charge on any atom is 0.332 e. The van der Waals surface area contributed by atoms with E-state index in [4.69, 9.17) is 21.1 Å². The molecule has 0 saturated heterocycles. The molecule has 0 amide bonds. The Morgan fingerprint density at radius 2 is 1.35 bits per heavy atom. The summed E-state index contributed by atoms with van der Waals surface area (Å²) in [6, 6.07) is 26.8. The Balaban J connectivity index is 1.60. The second-order valence-electron chi connectivity index (χ2n) is 5.80. The minimum atomic E-state index is -0.406. The summed E-state index contributed by atoms with van der Waals surface area (Å²) in [4.78, 5) is 12.1. The van der Waals surface area contributed by atoms with Crippen molar-refractivity contribution < 1.29 is 14.3 Å². The largest absolute Gasteiger partial charge is 0.459 e. The van der Waals surface area contributed by atoms with Crippen molar-refractivity contribution in [1.29, 1.82) is 0 Å². The van der Waals surface area contributed by atoms with Gasteiger partial charge in [0, 0.05) is 5.02 Å². The van der Waals surface area contributed by atoms with Crippen LogP contribution in [-0.2, 0) is 20.9 Å². The molecule has 0 N–H and O–H groups in total. The highest BCUT2D eigenvalue weighted by Crippen LogP contribution is 2.25. The van der Waals surface area contributed by atoms with Crippen molar-refractivity contribution in [2.45, 2.75) is 12.7 Å². The van der Waals surface area contributed by atoms with Gasteiger partial charge in [-0.25, -0.2) is 4.79 Å². The molecule has 132 valence electrons. The average Bonchev–Trinajstić information content (AvgIpc) is 2.69. The molecule has 0 spiro atoms. The molecule has 0 fully saturated rings. The molecule has 0 unspecified atom stereocenters. The molecule has 0 atom stereocenters. The second kappa shape index (κ2) is 9.18. The van der Waals surface area contributed by atoms with E-state index in [2.05, 4.69) is 0 Å². The summed E-state index contributed by atoms with van der Waals surface area (Å²) >= 11 is 5.85. The lowest BCUT2D eigenvalue weighted by molar-refractivity contribution is -0.151. The Bertz CT molecular complexity index is 778. The van der Waals surface area contributed by atoms with Crippen molar-refractivity contribution in [1.82, 2.24) is 0 Å². The molecule has 3 aromatic rings. The van der Waals surface area contributed by atoms with E-state index < -0.39 is 5.97 Å². The molecule has 3 nitrogen and oxygen atoms in total. The zero-order valence-corrected chi connectivity index (χ0v) is 14.9. The number of halogens is 1. The zero-order valence-electron chi connectivity index (χ0n) is 14.2. The van der Waals surface area contributed by atoms with Gasteiger partial charge in [-0.1, -0.05) is 84.4 Å². The monoisotopic (exact) mass is 366 g/mol. The van der Waals surface area contributed by atoms with Gasteiger partial charge in [-0.05, 0) is 28.8 Å². The highest BCUT2D eigenvalue weighted by Gasteiger charge is 2.16. The molecule has 0 radical (unpaired) electrons. The van der Waals surface area contributed by atoms with Crippen molar-refractivity contribution in [2.24, 2.45) is 0 Å². The van der Waals surface area contributed by atoms with E-state index in [1.165, 1.54) is 0 Å². The standard InChI is InChI=1S/C22H19ClO3/c23-20-13-11-17(12-14-20)15-25-21(24)16-26-22(18-7-3-1-4-8-18)19-9-5-2-6-10-19/h1-14,22H,15-16H2. The summed E-state index contributed by atoms with van der Waals surface area (Å²) in [5, 5.41) is 0.650. The van der Waals surface area contributed by atoms with Crippen LogP contribution in [0.15, 0.2) is 84.9 Å². The van der Waals surface area contributed by atoms with Crippen LogP contribution in [0.5, 0.6) is 0 Å². The summed E-state index contributed by atoms with van der Waals surface area (Å²) in [5.41, 5.74) is 2.86. The summed E-state index contributed by atoms with van der Waals surface area (Å²) in [7, 11) is 0. The van der Waals surface area contributed by atoms with Crippen LogP contribution in [0.2, 0.25) is 5.02 Å². The van der Waals surface area contributed by atoms with Crippen LogP contribution in [0, 0.1) is 0 Å². The summed E-state index contributed by atoms with van der Waals surface area (Å²) < 4.78 is 11.2. The van der Waals surface area contributed by atoms with E-state index in [0.29, 0.717) is 5.02 Å². The third-order valence-electron chi connectivity index (χ3n) is 3.89. The Morgan fingerprint density at radius 1 is 0.808 bits per heavy atom. The SMILES string of the molecule is O=C(COC(c1ccccc1)c1ccccc1)OCc1ccc(Cl)cc1. The Hall–Kier alpha value is -2.62. The van der Waals surface area contributed by atoms with Crippen molar-refractivity contribution in [2.75, 3.05) is 6.61 Å². The van der Waals surface area contributed by atoms with Crippen LogP contribution < -0.4 is 0 Å². The average molecular weight is 367 g/mol. The van der Waals surface area contributed by atoms with Gasteiger partial charge in [0.15, 0.2) is 0 Å². The molecule has 0 saturated carbocycles. The van der Waals surface area contributed by atoms with Crippen LogP contribution in [0.3, 0.4) is 0 Å². The third-order valence-corrected chi connectivity index (χ3v) is 4.14. The Morgan fingerprint density at radius 3 is 1.88 bits per heavy atom. The molecular weight excluding hydrogens is 348 g/mol. The van der Waals surface area contributed by atoms with E-state index in [1.807, 2.05) is 72.8 Å². The van der Waals surface area contributed by atoms with Crippen LogP contribution in [0.1, 0.15) is 22.8 Å². The normalized spacial score (nSPS) is 10.7. The zero-order chi connectivity index (χ0) is 18.2. The molecule has 3 aromatic carbocycles. The Kier molecular flexibility index (Phi) is 6.42. The molecule has 3 rings (SSSR count). The van der Waals surface area contributed by atoms with Gasteiger partial charge < -0.3 is 9.47 Å². The first-order valence-corrected chi connectivity index (χ1v) is 8.72. The van der Waals surface area contributed by atoms with Crippen LogP contribution in [-0.4, -0.2) is 12.6 Å². The summed E-state index contributed by atoms with van der Waals surface area (Å²) in [6.45, 7) is 0.0722. The van der Waals surface area contributed by atoms with E-state index >= 15 is 0 Å².